The fourth-order valence-electron chi connectivity index (χ4n) is 3.11. The summed E-state index contributed by atoms with van der Waals surface area (Å²) >= 11 is 0. The van der Waals surface area contributed by atoms with Gasteiger partial charge in [-0.1, -0.05) is 0 Å². The Hall–Kier alpha value is -1.58. The van der Waals surface area contributed by atoms with E-state index in [1.54, 1.807) is 24.3 Å². The Morgan fingerprint density at radius 2 is 1.68 bits per heavy atom. The van der Waals surface area contributed by atoms with E-state index in [0.29, 0.717) is 31.1 Å². The number of urea groups is 1. The van der Waals surface area contributed by atoms with E-state index >= 15 is 0 Å². The molecule has 0 radical (unpaired) electrons. The monoisotopic (exact) mass is 433 g/mol. The quantitative estimate of drug-likeness (QED) is 0.579. The van der Waals surface area contributed by atoms with E-state index in [9.17, 15) is 9.59 Å². The summed E-state index contributed by atoms with van der Waals surface area (Å²) in [5.41, 5.74) is 1.37. The van der Waals surface area contributed by atoms with Crippen LogP contribution in [0.15, 0.2) is 24.3 Å². The van der Waals surface area contributed by atoms with Gasteiger partial charge >= 0.3 is 6.03 Å². The summed E-state index contributed by atoms with van der Waals surface area (Å²) in [6.45, 7) is 3.68. The maximum atomic E-state index is 12.1. The molecule has 10 heteroatoms. The normalized spacial score (nSPS) is 20.2. The number of halogens is 2. The lowest BCUT2D eigenvalue weighted by Crippen LogP contribution is -2.48. The molecule has 28 heavy (non-hydrogen) atoms. The fraction of sp³-hybridized carbons (Fsp3) is 0.556. The first kappa shape index (κ1) is 24.5. The van der Waals surface area contributed by atoms with E-state index in [-0.39, 0.29) is 48.8 Å². The molecule has 2 aliphatic heterocycles. The highest BCUT2D eigenvalue weighted by molar-refractivity contribution is 5.95. The second-order valence-electron chi connectivity index (χ2n) is 6.82. The number of hydrogen-bond acceptors (Lipinski definition) is 5. The number of hydrogen-bond donors (Lipinski definition) is 4. The molecule has 2 saturated heterocycles. The van der Waals surface area contributed by atoms with Crippen LogP contribution >= 0.6 is 24.8 Å². The van der Waals surface area contributed by atoms with Crippen molar-refractivity contribution in [2.24, 2.45) is 0 Å². The minimum Gasteiger partial charge on any atom is -0.378 e. The molecule has 1 aromatic carbocycles. The number of anilines is 2. The van der Waals surface area contributed by atoms with Crippen molar-refractivity contribution in [1.82, 2.24) is 15.5 Å². The summed E-state index contributed by atoms with van der Waals surface area (Å²) in [5.74, 6) is -0.120. The molecule has 3 amide bonds. The molecule has 0 saturated carbocycles. The van der Waals surface area contributed by atoms with Crippen molar-refractivity contribution in [2.45, 2.75) is 24.9 Å². The van der Waals surface area contributed by atoms with E-state index in [1.165, 1.54) is 0 Å². The van der Waals surface area contributed by atoms with Gasteiger partial charge in [0, 0.05) is 24.0 Å². The second kappa shape index (κ2) is 12.1. The number of ether oxygens (including phenoxy) is 1. The van der Waals surface area contributed by atoms with E-state index in [4.69, 9.17) is 4.74 Å². The van der Waals surface area contributed by atoms with Crippen LogP contribution in [0.1, 0.15) is 12.8 Å². The van der Waals surface area contributed by atoms with Gasteiger partial charge in [0.05, 0.1) is 13.2 Å². The number of amides is 3. The number of morpholine rings is 1. The van der Waals surface area contributed by atoms with Crippen molar-refractivity contribution in [3.05, 3.63) is 24.3 Å². The molecule has 0 spiro atoms. The summed E-state index contributed by atoms with van der Waals surface area (Å²) in [6.07, 6.45) is 1.93. The van der Waals surface area contributed by atoms with Crippen LogP contribution in [-0.4, -0.2) is 68.8 Å². The number of likely N-dealkylation sites (tertiary alicyclic amines) is 1. The minimum absolute atomic E-state index is 0. The smallest absolute Gasteiger partial charge is 0.319 e. The van der Waals surface area contributed by atoms with Gasteiger partial charge in [0.15, 0.2) is 0 Å². The van der Waals surface area contributed by atoms with Gasteiger partial charge in [0.2, 0.25) is 5.91 Å². The Balaban J connectivity index is 0.00000196. The van der Waals surface area contributed by atoms with Crippen LogP contribution in [0.5, 0.6) is 0 Å². The van der Waals surface area contributed by atoms with E-state index in [2.05, 4.69) is 33.2 Å². The van der Waals surface area contributed by atoms with Gasteiger partial charge in [0.1, 0.15) is 6.04 Å². The molecule has 4 N–H and O–H groups in total. The molecule has 1 aromatic rings. The molecule has 1 unspecified atom stereocenters. The van der Waals surface area contributed by atoms with Gasteiger partial charge in [-0.3, -0.25) is 4.79 Å². The van der Waals surface area contributed by atoms with Crippen molar-refractivity contribution in [1.29, 1.82) is 0 Å². The van der Waals surface area contributed by atoms with Crippen molar-refractivity contribution >= 4 is 48.1 Å². The zero-order valence-corrected chi connectivity index (χ0v) is 17.5. The van der Waals surface area contributed by atoms with Crippen molar-refractivity contribution in [3.8, 4) is 0 Å². The average molecular weight is 434 g/mol. The van der Waals surface area contributed by atoms with Crippen LogP contribution in [0, 0.1) is 0 Å². The highest BCUT2D eigenvalue weighted by Gasteiger charge is 2.21. The summed E-state index contributed by atoms with van der Waals surface area (Å²) in [7, 11) is 2.09. The topological polar surface area (TPSA) is 94.7 Å². The van der Waals surface area contributed by atoms with E-state index in [1.807, 2.05) is 0 Å². The number of nitrogens with one attached hydrogen (secondary N) is 4. The molecule has 2 fully saturated rings. The van der Waals surface area contributed by atoms with Crippen LogP contribution < -0.4 is 21.3 Å². The molecule has 8 nitrogen and oxygen atoms in total. The van der Waals surface area contributed by atoms with Gasteiger partial charge in [-0.25, -0.2) is 4.79 Å². The Labute approximate surface area is 178 Å². The Morgan fingerprint density at radius 3 is 2.25 bits per heavy atom. The number of piperidine rings is 1. The summed E-state index contributed by atoms with van der Waals surface area (Å²) in [4.78, 5) is 26.5. The molecule has 158 valence electrons. The molecule has 1 atom stereocenters. The molecular formula is C18H29Cl2N5O3. The Morgan fingerprint density at radius 1 is 1.07 bits per heavy atom. The summed E-state index contributed by atoms with van der Waals surface area (Å²) in [5, 5.41) is 11.8. The number of rotatable bonds is 4. The zero-order chi connectivity index (χ0) is 18.4. The van der Waals surface area contributed by atoms with Crippen molar-refractivity contribution in [2.75, 3.05) is 50.5 Å². The van der Waals surface area contributed by atoms with Crippen LogP contribution in [0.4, 0.5) is 16.2 Å². The number of benzene rings is 1. The standard InChI is InChI=1S/C18H27N5O3.2ClH/c1-23-9-6-15(7-10-23)22-18(25)21-14-4-2-13(3-5-14)20-17(24)16-12-26-11-8-19-16;;/h2-5,15-16,19H,6-12H2,1H3,(H,20,24)(H2,21,22,25);2*1H. The summed E-state index contributed by atoms with van der Waals surface area (Å²) < 4.78 is 5.29. The predicted molar refractivity (Wildman–Crippen MR) is 115 cm³/mol. The molecule has 0 aliphatic carbocycles. The third kappa shape index (κ3) is 7.44. The lowest BCUT2D eigenvalue weighted by molar-refractivity contribution is -0.120. The van der Waals surface area contributed by atoms with E-state index < -0.39 is 0 Å². The third-order valence-corrected chi connectivity index (χ3v) is 4.70. The maximum Gasteiger partial charge on any atom is 0.319 e. The zero-order valence-electron chi connectivity index (χ0n) is 15.9. The molecule has 0 aromatic heterocycles. The Bertz CT molecular complexity index is 618. The minimum atomic E-state index is -0.332. The molecule has 3 rings (SSSR count). The predicted octanol–water partition coefficient (Wildman–Crippen LogP) is 1.67. The number of nitrogens with zero attached hydrogens (tertiary/aromatic N) is 1. The molecule has 0 bridgehead atoms. The van der Waals surface area contributed by atoms with Crippen molar-refractivity contribution in [3.63, 3.8) is 0 Å². The first-order valence-corrected chi connectivity index (χ1v) is 9.08. The van der Waals surface area contributed by atoms with Crippen LogP contribution in [0.2, 0.25) is 0 Å². The first-order valence-electron chi connectivity index (χ1n) is 9.08. The highest BCUT2D eigenvalue weighted by atomic mass is 35.5. The number of carbonyl (C=O) groups is 2. The molecule has 2 aliphatic rings. The van der Waals surface area contributed by atoms with Crippen LogP contribution in [0.25, 0.3) is 0 Å². The molecular weight excluding hydrogens is 405 g/mol. The van der Waals surface area contributed by atoms with Gasteiger partial charge in [0.25, 0.3) is 0 Å². The third-order valence-electron chi connectivity index (χ3n) is 4.70. The maximum absolute atomic E-state index is 12.1. The van der Waals surface area contributed by atoms with Gasteiger partial charge in [-0.15, -0.1) is 24.8 Å². The van der Waals surface area contributed by atoms with Gasteiger partial charge < -0.3 is 30.9 Å². The number of carbonyl (C=O) groups excluding carboxylic acids is 2. The molecule has 2 heterocycles. The SMILES string of the molecule is CN1CCC(NC(=O)Nc2ccc(NC(=O)C3COCCN3)cc2)CC1.Cl.Cl. The van der Waals surface area contributed by atoms with Gasteiger partial charge in [-0.2, -0.15) is 0 Å². The lowest BCUT2D eigenvalue weighted by atomic mass is 10.1. The first-order chi connectivity index (χ1) is 12.6. The largest absolute Gasteiger partial charge is 0.378 e. The van der Waals surface area contributed by atoms with Crippen molar-refractivity contribution < 1.29 is 14.3 Å². The second-order valence-corrected chi connectivity index (χ2v) is 6.82. The van der Waals surface area contributed by atoms with Gasteiger partial charge in [-0.05, 0) is 57.2 Å². The highest BCUT2D eigenvalue weighted by Crippen LogP contribution is 2.15. The van der Waals surface area contributed by atoms with E-state index in [0.717, 1.165) is 25.9 Å². The van der Waals surface area contributed by atoms with Crippen LogP contribution in [0.3, 0.4) is 0 Å². The Kier molecular flexibility index (Phi) is 10.6. The van der Waals surface area contributed by atoms with Crippen LogP contribution in [-0.2, 0) is 9.53 Å². The lowest BCUT2D eigenvalue weighted by Gasteiger charge is -2.29. The average Bonchev–Trinajstić information content (AvgIpc) is 2.66. The summed E-state index contributed by atoms with van der Waals surface area (Å²) in [6, 6.07) is 6.78. The fourth-order valence-corrected chi connectivity index (χ4v) is 3.11.